The number of sulfonamides is 1. The standard InChI is InChI=1S/C14H23ClN4O3S/c1-3-4-7-23(20,21)19-6-5-11(10-19)8-16-13-12(15)9-17-14(18-13)22-2/h9,11H,3-8,10H2,1-2H3,(H,16,17,18)/t11-/m1/s1. The lowest BCUT2D eigenvalue weighted by Crippen LogP contribution is -2.31. The molecule has 2 heterocycles. The molecule has 1 saturated heterocycles. The number of methoxy groups -OCH3 is 1. The molecule has 0 bridgehead atoms. The van der Waals surface area contributed by atoms with Crippen molar-refractivity contribution in [2.45, 2.75) is 26.2 Å². The number of hydrogen-bond donors (Lipinski definition) is 1. The first-order valence-corrected chi connectivity index (χ1v) is 9.73. The molecule has 1 aliphatic heterocycles. The van der Waals surface area contributed by atoms with Gasteiger partial charge in [-0.15, -0.1) is 0 Å². The van der Waals surface area contributed by atoms with Gasteiger partial charge in [-0.05, 0) is 18.8 Å². The van der Waals surface area contributed by atoms with E-state index in [1.165, 1.54) is 13.3 Å². The quantitative estimate of drug-likeness (QED) is 0.761. The average Bonchev–Trinajstić information content (AvgIpc) is 3.02. The van der Waals surface area contributed by atoms with E-state index in [4.69, 9.17) is 16.3 Å². The van der Waals surface area contributed by atoms with Crippen molar-refractivity contribution in [3.05, 3.63) is 11.2 Å². The van der Waals surface area contributed by atoms with E-state index in [-0.39, 0.29) is 17.7 Å². The number of unbranched alkanes of at least 4 members (excludes halogenated alkanes) is 1. The van der Waals surface area contributed by atoms with Crippen LogP contribution in [0.15, 0.2) is 6.20 Å². The maximum absolute atomic E-state index is 12.2. The van der Waals surface area contributed by atoms with Crippen LogP contribution in [0.4, 0.5) is 5.82 Å². The Morgan fingerprint density at radius 1 is 1.52 bits per heavy atom. The average molecular weight is 363 g/mol. The Bertz CT molecular complexity index is 626. The van der Waals surface area contributed by atoms with Gasteiger partial charge in [-0.25, -0.2) is 17.7 Å². The molecule has 130 valence electrons. The van der Waals surface area contributed by atoms with Crippen LogP contribution < -0.4 is 10.1 Å². The Morgan fingerprint density at radius 2 is 2.30 bits per heavy atom. The van der Waals surface area contributed by atoms with E-state index in [0.717, 1.165) is 12.8 Å². The van der Waals surface area contributed by atoms with Crippen LogP contribution in [0, 0.1) is 5.92 Å². The first kappa shape index (κ1) is 18.2. The molecule has 2 rings (SSSR count). The second kappa shape index (κ2) is 8.12. The largest absolute Gasteiger partial charge is 0.467 e. The van der Waals surface area contributed by atoms with Crippen molar-refractivity contribution < 1.29 is 13.2 Å². The van der Waals surface area contributed by atoms with E-state index in [1.807, 2.05) is 6.92 Å². The molecule has 0 aliphatic carbocycles. The smallest absolute Gasteiger partial charge is 0.318 e. The van der Waals surface area contributed by atoms with Crippen molar-refractivity contribution in [1.29, 1.82) is 0 Å². The van der Waals surface area contributed by atoms with Gasteiger partial charge < -0.3 is 10.1 Å². The molecule has 1 fully saturated rings. The van der Waals surface area contributed by atoms with E-state index >= 15 is 0 Å². The van der Waals surface area contributed by atoms with E-state index in [1.54, 1.807) is 4.31 Å². The molecule has 0 unspecified atom stereocenters. The number of rotatable bonds is 8. The summed E-state index contributed by atoms with van der Waals surface area (Å²) in [5, 5.41) is 3.57. The Hall–Kier alpha value is -1.12. The Morgan fingerprint density at radius 3 is 3.00 bits per heavy atom. The molecule has 1 aromatic rings. The fraction of sp³-hybridized carbons (Fsp3) is 0.714. The summed E-state index contributed by atoms with van der Waals surface area (Å²) in [5.74, 6) is 0.979. The minimum atomic E-state index is -3.12. The number of halogens is 1. The van der Waals surface area contributed by atoms with Crippen LogP contribution in [-0.2, 0) is 10.0 Å². The first-order chi connectivity index (χ1) is 11.0. The third kappa shape index (κ3) is 4.92. The zero-order valence-electron chi connectivity index (χ0n) is 13.5. The molecule has 0 aromatic carbocycles. The van der Waals surface area contributed by atoms with Crippen molar-refractivity contribution in [2.75, 3.05) is 37.8 Å². The van der Waals surface area contributed by atoms with E-state index < -0.39 is 10.0 Å². The number of hydrogen-bond acceptors (Lipinski definition) is 6. The van der Waals surface area contributed by atoms with Crippen LogP contribution >= 0.6 is 11.6 Å². The molecule has 1 atom stereocenters. The summed E-state index contributed by atoms with van der Waals surface area (Å²) in [6.45, 7) is 3.73. The highest BCUT2D eigenvalue weighted by Gasteiger charge is 2.30. The summed E-state index contributed by atoms with van der Waals surface area (Å²) >= 11 is 6.05. The van der Waals surface area contributed by atoms with Crippen molar-refractivity contribution in [2.24, 2.45) is 5.92 Å². The zero-order valence-corrected chi connectivity index (χ0v) is 15.0. The van der Waals surface area contributed by atoms with E-state index in [2.05, 4.69) is 15.3 Å². The Labute approximate surface area is 142 Å². The normalized spacial score (nSPS) is 19.0. The Balaban J connectivity index is 1.89. The summed E-state index contributed by atoms with van der Waals surface area (Å²) in [6, 6.07) is 0.243. The van der Waals surface area contributed by atoms with Crippen LogP contribution in [-0.4, -0.2) is 55.2 Å². The van der Waals surface area contributed by atoms with Gasteiger partial charge in [0.1, 0.15) is 5.02 Å². The van der Waals surface area contributed by atoms with Gasteiger partial charge in [-0.1, -0.05) is 24.9 Å². The van der Waals surface area contributed by atoms with Gasteiger partial charge in [0.05, 0.1) is 19.1 Å². The molecule has 0 radical (unpaired) electrons. The molecule has 1 aliphatic rings. The summed E-state index contributed by atoms with van der Waals surface area (Å²) in [5.41, 5.74) is 0. The molecular formula is C14H23ClN4O3S. The van der Waals surface area contributed by atoms with Crippen molar-refractivity contribution in [3.8, 4) is 6.01 Å². The van der Waals surface area contributed by atoms with E-state index in [0.29, 0.717) is 36.9 Å². The highest BCUT2D eigenvalue weighted by Crippen LogP contribution is 2.24. The molecular weight excluding hydrogens is 340 g/mol. The van der Waals surface area contributed by atoms with Crippen molar-refractivity contribution >= 4 is 27.4 Å². The predicted octanol–water partition coefficient (Wildman–Crippen LogP) is 2.00. The van der Waals surface area contributed by atoms with Crippen LogP contribution in [0.3, 0.4) is 0 Å². The van der Waals surface area contributed by atoms with Crippen LogP contribution in [0.1, 0.15) is 26.2 Å². The highest BCUT2D eigenvalue weighted by molar-refractivity contribution is 7.89. The molecule has 7 nitrogen and oxygen atoms in total. The minimum Gasteiger partial charge on any atom is -0.467 e. The van der Waals surface area contributed by atoms with Gasteiger partial charge in [-0.2, -0.15) is 4.98 Å². The second-order valence-corrected chi connectivity index (χ2v) is 8.11. The van der Waals surface area contributed by atoms with E-state index in [9.17, 15) is 8.42 Å². The lowest BCUT2D eigenvalue weighted by Gasteiger charge is -2.17. The maximum Gasteiger partial charge on any atom is 0.318 e. The minimum absolute atomic E-state index is 0.235. The summed E-state index contributed by atoms with van der Waals surface area (Å²) in [7, 11) is -1.63. The maximum atomic E-state index is 12.2. The number of aromatic nitrogens is 2. The number of nitrogens with one attached hydrogen (secondary N) is 1. The first-order valence-electron chi connectivity index (χ1n) is 7.74. The predicted molar refractivity (Wildman–Crippen MR) is 90.5 cm³/mol. The topological polar surface area (TPSA) is 84.4 Å². The zero-order chi connectivity index (χ0) is 16.9. The van der Waals surface area contributed by atoms with Crippen molar-refractivity contribution in [3.63, 3.8) is 0 Å². The third-order valence-corrected chi connectivity index (χ3v) is 6.06. The molecule has 1 aromatic heterocycles. The third-order valence-electron chi connectivity index (χ3n) is 3.86. The van der Waals surface area contributed by atoms with Gasteiger partial charge in [0.25, 0.3) is 0 Å². The number of ether oxygens (including phenoxy) is 1. The van der Waals surface area contributed by atoms with Crippen molar-refractivity contribution in [1.82, 2.24) is 14.3 Å². The van der Waals surface area contributed by atoms with Gasteiger partial charge in [-0.3, -0.25) is 0 Å². The monoisotopic (exact) mass is 362 g/mol. The molecule has 1 N–H and O–H groups in total. The SMILES string of the molecule is CCCCS(=O)(=O)N1CC[C@H](CNc2nc(OC)ncc2Cl)C1. The molecule has 9 heteroatoms. The summed E-state index contributed by atoms with van der Waals surface area (Å²) < 4.78 is 31.0. The van der Waals surface area contributed by atoms with Gasteiger partial charge in [0, 0.05) is 19.6 Å². The molecule has 0 saturated carbocycles. The fourth-order valence-corrected chi connectivity index (χ4v) is 4.38. The van der Waals surface area contributed by atoms with Crippen LogP contribution in [0.5, 0.6) is 6.01 Å². The van der Waals surface area contributed by atoms with Crippen LogP contribution in [0.25, 0.3) is 0 Å². The second-order valence-electron chi connectivity index (χ2n) is 5.62. The molecule has 23 heavy (non-hydrogen) atoms. The summed E-state index contributed by atoms with van der Waals surface area (Å²) in [6.07, 6.45) is 3.90. The lowest BCUT2D eigenvalue weighted by atomic mass is 10.1. The fourth-order valence-electron chi connectivity index (χ4n) is 2.49. The highest BCUT2D eigenvalue weighted by atomic mass is 35.5. The molecule has 0 spiro atoms. The van der Waals surface area contributed by atoms with Gasteiger partial charge in [0.15, 0.2) is 5.82 Å². The Kier molecular flexibility index (Phi) is 6.43. The number of nitrogens with zero attached hydrogens (tertiary/aromatic N) is 3. The molecule has 0 amide bonds. The van der Waals surface area contributed by atoms with Gasteiger partial charge in [0.2, 0.25) is 10.0 Å². The van der Waals surface area contributed by atoms with Gasteiger partial charge >= 0.3 is 6.01 Å². The van der Waals surface area contributed by atoms with Crippen LogP contribution in [0.2, 0.25) is 5.02 Å². The summed E-state index contributed by atoms with van der Waals surface area (Å²) in [4.78, 5) is 8.07. The lowest BCUT2D eigenvalue weighted by molar-refractivity contribution is 0.380. The number of anilines is 1.